The number of anilines is 1. The Morgan fingerprint density at radius 1 is 1.03 bits per heavy atom. The Balaban J connectivity index is 2.41. The van der Waals surface area contributed by atoms with E-state index in [9.17, 15) is 18.0 Å². The number of nitrogens with zero attached hydrogens (tertiary/aromatic N) is 2. The van der Waals surface area contributed by atoms with Crippen LogP contribution in [0.3, 0.4) is 0 Å². The molecule has 2 rings (SSSR count). The van der Waals surface area contributed by atoms with E-state index in [1.165, 1.54) is 11.9 Å². The summed E-state index contributed by atoms with van der Waals surface area (Å²) < 4.78 is 26.2. The second kappa shape index (κ2) is 9.75. The van der Waals surface area contributed by atoms with Crippen LogP contribution in [0, 0.1) is 13.8 Å². The topological polar surface area (TPSA) is 86.8 Å². The van der Waals surface area contributed by atoms with E-state index in [1.807, 2.05) is 50.2 Å². The van der Waals surface area contributed by atoms with Crippen molar-refractivity contribution in [3.05, 3.63) is 65.2 Å². The zero-order valence-electron chi connectivity index (χ0n) is 18.0. The molecule has 1 atom stereocenters. The van der Waals surface area contributed by atoms with E-state index >= 15 is 0 Å². The smallest absolute Gasteiger partial charge is 0.244 e. The maximum atomic E-state index is 13.3. The van der Waals surface area contributed by atoms with Crippen molar-refractivity contribution >= 4 is 27.5 Å². The Labute approximate surface area is 178 Å². The molecule has 0 saturated heterocycles. The van der Waals surface area contributed by atoms with E-state index in [2.05, 4.69) is 5.32 Å². The lowest BCUT2D eigenvalue weighted by Gasteiger charge is -2.31. The molecule has 1 N–H and O–H groups in total. The number of hydrogen-bond donors (Lipinski definition) is 1. The van der Waals surface area contributed by atoms with Gasteiger partial charge in [0, 0.05) is 13.6 Å². The molecule has 0 fully saturated rings. The second-order valence-corrected chi connectivity index (χ2v) is 9.19. The van der Waals surface area contributed by atoms with Gasteiger partial charge in [0.05, 0.1) is 11.9 Å². The largest absolute Gasteiger partial charge is 0.357 e. The van der Waals surface area contributed by atoms with Crippen LogP contribution in [0.4, 0.5) is 5.69 Å². The molecule has 0 saturated carbocycles. The van der Waals surface area contributed by atoms with Crippen LogP contribution >= 0.6 is 0 Å². The number of amides is 2. The van der Waals surface area contributed by atoms with Crippen LogP contribution < -0.4 is 9.62 Å². The molecule has 8 heteroatoms. The summed E-state index contributed by atoms with van der Waals surface area (Å²) in [5.41, 5.74) is 3.01. The number of rotatable bonds is 8. The third-order valence-corrected chi connectivity index (χ3v) is 6.26. The normalized spacial score (nSPS) is 12.2. The minimum absolute atomic E-state index is 0.193. The number of carbonyl (C=O) groups excluding carboxylic acids is 2. The van der Waals surface area contributed by atoms with Gasteiger partial charge in [-0.2, -0.15) is 0 Å². The van der Waals surface area contributed by atoms with Crippen molar-refractivity contribution < 1.29 is 18.0 Å². The van der Waals surface area contributed by atoms with Gasteiger partial charge in [0.1, 0.15) is 12.6 Å². The Hall–Kier alpha value is -2.87. The van der Waals surface area contributed by atoms with Crippen LogP contribution in [0.1, 0.15) is 23.6 Å². The molecule has 0 radical (unpaired) electrons. The van der Waals surface area contributed by atoms with Gasteiger partial charge in [0.15, 0.2) is 0 Å². The molecule has 7 nitrogen and oxygen atoms in total. The molecule has 0 aliphatic rings. The second-order valence-electron chi connectivity index (χ2n) is 7.29. The van der Waals surface area contributed by atoms with Crippen LogP contribution in [0.2, 0.25) is 0 Å². The van der Waals surface area contributed by atoms with Gasteiger partial charge in [-0.15, -0.1) is 0 Å². The summed E-state index contributed by atoms with van der Waals surface area (Å²) in [4.78, 5) is 26.9. The van der Waals surface area contributed by atoms with Gasteiger partial charge in [0.25, 0.3) is 0 Å². The first-order chi connectivity index (χ1) is 14.1. The van der Waals surface area contributed by atoms with Crippen LogP contribution in [0.25, 0.3) is 0 Å². The first kappa shape index (κ1) is 23.4. The predicted molar refractivity (Wildman–Crippen MR) is 119 cm³/mol. The Kier molecular flexibility index (Phi) is 7.61. The molecule has 2 aromatic rings. The predicted octanol–water partition coefficient (Wildman–Crippen LogP) is 2.23. The highest BCUT2D eigenvalue weighted by Crippen LogP contribution is 2.25. The molecule has 162 valence electrons. The Morgan fingerprint density at radius 3 is 2.23 bits per heavy atom. The lowest BCUT2D eigenvalue weighted by atomic mass is 10.1. The van der Waals surface area contributed by atoms with E-state index in [1.54, 1.807) is 19.1 Å². The number of sulfonamides is 1. The summed E-state index contributed by atoms with van der Waals surface area (Å²) in [6.07, 6.45) is 1.08. The maximum absolute atomic E-state index is 13.3. The van der Waals surface area contributed by atoms with E-state index < -0.39 is 28.5 Å². The van der Waals surface area contributed by atoms with Crippen molar-refractivity contribution in [3.63, 3.8) is 0 Å². The average molecular weight is 432 g/mol. The minimum atomic E-state index is -3.72. The molecule has 0 heterocycles. The van der Waals surface area contributed by atoms with Crippen molar-refractivity contribution in [2.45, 2.75) is 33.4 Å². The molecule has 2 aromatic carbocycles. The summed E-state index contributed by atoms with van der Waals surface area (Å²) >= 11 is 0. The fraction of sp³-hybridized carbons (Fsp3) is 0.364. The monoisotopic (exact) mass is 431 g/mol. The van der Waals surface area contributed by atoms with E-state index in [0.717, 1.165) is 27.3 Å². The molecule has 0 unspecified atom stereocenters. The molecule has 30 heavy (non-hydrogen) atoms. The molecule has 0 bridgehead atoms. The number of hydrogen-bond acceptors (Lipinski definition) is 4. The molecule has 2 amide bonds. The van der Waals surface area contributed by atoms with E-state index in [4.69, 9.17) is 0 Å². The third kappa shape index (κ3) is 5.60. The summed E-state index contributed by atoms with van der Waals surface area (Å²) in [5.74, 6) is -0.779. The van der Waals surface area contributed by atoms with Crippen LogP contribution in [0.15, 0.2) is 48.5 Å². The van der Waals surface area contributed by atoms with E-state index in [-0.39, 0.29) is 12.5 Å². The first-order valence-electron chi connectivity index (χ1n) is 9.65. The lowest BCUT2D eigenvalue weighted by molar-refractivity contribution is -0.139. The molecule has 0 aromatic heterocycles. The number of aryl methyl sites for hydroxylation is 1. The quantitative estimate of drug-likeness (QED) is 0.694. The highest BCUT2D eigenvalue weighted by molar-refractivity contribution is 7.92. The van der Waals surface area contributed by atoms with Gasteiger partial charge in [-0.1, -0.05) is 42.5 Å². The van der Waals surface area contributed by atoms with Gasteiger partial charge in [-0.3, -0.25) is 13.9 Å². The maximum Gasteiger partial charge on any atom is 0.244 e. The summed E-state index contributed by atoms with van der Waals surface area (Å²) in [6.45, 7) is 5.14. The third-order valence-electron chi connectivity index (χ3n) is 5.13. The lowest BCUT2D eigenvalue weighted by Crippen LogP contribution is -2.50. The Bertz CT molecular complexity index is 1010. The van der Waals surface area contributed by atoms with Crippen molar-refractivity contribution in [2.24, 2.45) is 0 Å². The van der Waals surface area contributed by atoms with Crippen LogP contribution in [-0.4, -0.2) is 51.0 Å². The highest BCUT2D eigenvalue weighted by atomic mass is 32.2. The van der Waals surface area contributed by atoms with Gasteiger partial charge < -0.3 is 10.2 Å². The van der Waals surface area contributed by atoms with Crippen molar-refractivity contribution in [2.75, 3.05) is 24.2 Å². The zero-order valence-corrected chi connectivity index (χ0v) is 18.9. The fourth-order valence-electron chi connectivity index (χ4n) is 3.17. The first-order valence-corrected chi connectivity index (χ1v) is 11.5. The number of likely N-dealkylation sites (N-methyl/N-ethyl adjacent to an activating group) is 1. The molecular formula is C22H29N3O4S. The van der Waals surface area contributed by atoms with Crippen molar-refractivity contribution in [3.8, 4) is 0 Å². The Morgan fingerprint density at radius 2 is 1.67 bits per heavy atom. The number of benzene rings is 2. The van der Waals surface area contributed by atoms with Gasteiger partial charge in [-0.05, 0) is 43.5 Å². The van der Waals surface area contributed by atoms with Gasteiger partial charge in [0.2, 0.25) is 21.8 Å². The summed E-state index contributed by atoms with van der Waals surface area (Å²) in [6, 6.07) is 13.8. The highest BCUT2D eigenvalue weighted by Gasteiger charge is 2.30. The molecular weight excluding hydrogens is 402 g/mol. The van der Waals surface area contributed by atoms with Crippen LogP contribution in [0.5, 0.6) is 0 Å². The zero-order chi connectivity index (χ0) is 22.5. The number of carbonyl (C=O) groups is 2. The average Bonchev–Trinajstić information content (AvgIpc) is 2.71. The molecule has 0 spiro atoms. The standard InChI is InChI=1S/C22H29N3O4S/c1-16-10-9-13-20(17(16)2)25(30(5,28)29)15-21(26)24(18(3)22(27)23-4)14-19-11-7-6-8-12-19/h6-13,18H,14-15H2,1-5H3,(H,23,27)/t18-/m1/s1. The van der Waals surface area contributed by atoms with Gasteiger partial charge in [-0.25, -0.2) is 8.42 Å². The fourth-order valence-corrected chi connectivity index (χ4v) is 4.07. The number of nitrogens with one attached hydrogen (secondary N) is 1. The van der Waals surface area contributed by atoms with Crippen LogP contribution in [-0.2, 0) is 26.2 Å². The van der Waals surface area contributed by atoms with E-state index in [0.29, 0.717) is 5.69 Å². The minimum Gasteiger partial charge on any atom is -0.357 e. The van der Waals surface area contributed by atoms with Crippen molar-refractivity contribution in [1.82, 2.24) is 10.2 Å². The summed E-state index contributed by atoms with van der Waals surface area (Å²) in [7, 11) is -2.22. The van der Waals surface area contributed by atoms with Gasteiger partial charge >= 0.3 is 0 Å². The molecule has 0 aliphatic carbocycles. The summed E-state index contributed by atoms with van der Waals surface area (Å²) in [5, 5.41) is 2.55. The molecule has 0 aliphatic heterocycles. The SMILES string of the molecule is CNC(=O)[C@@H](C)N(Cc1ccccc1)C(=O)CN(c1cccc(C)c1C)S(C)(=O)=O. The van der Waals surface area contributed by atoms with Crippen molar-refractivity contribution in [1.29, 1.82) is 0 Å².